The van der Waals surface area contributed by atoms with Gasteiger partial charge < -0.3 is 37.2 Å². The molecular weight excluding hydrogens is 672 g/mol. The van der Waals surface area contributed by atoms with Crippen molar-refractivity contribution in [1.29, 1.82) is 0 Å². The van der Waals surface area contributed by atoms with Crippen molar-refractivity contribution in [3.05, 3.63) is 40.4 Å². The Kier molecular flexibility index (Phi) is 11.3. The van der Waals surface area contributed by atoms with E-state index in [4.69, 9.17) is 41.2 Å². The number of amides is 2. The van der Waals surface area contributed by atoms with E-state index in [0.29, 0.717) is 42.0 Å². The van der Waals surface area contributed by atoms with Crippen LogP contribution in [-0.2, 0) is 40.3 Å². The summed E-state index contributed by atoms with van der Waals surface area (Å²) in [7, 11) is -4.96. The molecule has 20 heteroatoms. The van der Waals surface area contributed by atoms with E-state index in [1.54, 1.807) is 6.92 Å². The van der Waals surface area contributed by atoms with Crippen LogP contribution in [0, 0.1) is 5.92 Å². The fourth-order valence-corrected chi connectivity index (χ4v) is 6.39. The number of hydrogen-bond acceptors (Lipinski definition) is 14. The topological polar surface area (TPSA) is 284 Å². The van der Waals surface area contributed by atoms with Gasteiger partial charge in [-0.3, -0.25) is 23.9 Å². The van der Waals surface area contributed by atoms with Crippen molar-refractivity contribution in [1.82, 2.24) is 15.4 Å². The standard InChI is InChI=1S/C27H36N8O8S2.CH2O2/c1-13(19-6-4-15-10-16(5-7-20(15)41-19)23(29)31-17-8-14(9-17)11-28)42-34-21(18-12-44-26(30)32-18)24(36)33-22-25(37)35(27(22,2)3)43-45(38,39)40;2-1-3/h5,7,10,12-14,17,19,22H,4,6,8-9,11,28H2,1-3H3,(H2,29,31)(H2,30,32)(H,33,36)(H,38,39,40);1H,(H,2,3)/b34-21-;. The van der Waals surface area contributed by atoms with E-state index in [2.05, 4.69) is 24.7 Å². The number of carboxylic acid groups (broad SMARTS) is 1. The van der Waals surface area contributed by atoms with Crippen LogP contribution < -0.4 is 27.3 Å². The number of nitrogens with two attached hydrogens (primary N) is 3. The summed E-state index contributed by atoms with van der Waals surface area (Å²) >= 11 is 1.08. The fourth-order valence-electron chi connectivity index (χ4n) is 5.39. The molecular formula is C28H38N8O10S2. The highest BCUT2D eigenvalue weighted by atomic mass is 32.3. The van der Waals surface area contributed by atoms with E-state index in [1.807, 2.05) is 18.2 Å². The minimum atomic E-state index is -4.96. The number of fused-ring (bicyclic) bond motifs is 1. The zero-order chi connectivity index (χ0) is 35.4. The number of aryl methyl sites for hydroxylation is 1. The molecule has 1 aromatic carbocycles. The van der Waals surface area contributed by atoms with Crippen LogP contribution in [0.2, 0.25) is 0 Å². The zero-order valence-electron chi connectivity index (χ0n) is 26.3. The number of β-lactam (4-membered cyclic amide) rings is 1. The number of carbonyl (C=O) groups excluding carboxylic acids is 2. The maximum Gasteiger partial charge on any atom is 0.418 e. The molecule has 1 saturated carbocycles. The second-order valence-electron chi connectivity index (χ2n) is 11.9. The molecule has 2 fully saturated rings. The molecule has 18 nitrogen and oxygen atoms in total. The second-order valence-corrected chi connectivity index (χ2v) is 13.8. The predicted octanol–water partition coefficient (Wildman–Crippen LogP) is 0.212. The molecule has 3 unspecified atom stereocenters. The maximum absolute atomic E-state index is 13.3. The Labute approximate surface area is 280 Å². The van der Waals surface area contributed by atoms with Crippen LogP contribution in [0.5, 0.6) is 5.75 Å². The van der Waals surface area contributed by atoms with E-state index in [9.17, 15) is 18.0 Å². The number of aliphatic imine (C=N–C) groups is 1. The van der Waals surface area contributed by atoms with Crippen molar-refractivity contribution < 1.29 is 46.3 Å². The van der Waals surface area contributed by atoms with Crippen molar-refractivity contribution in [2.45, 2.75) is 76.3 Å². The average molecular weight is 711 g/mol. The Morgan fingerprint density at radius 3 is 2.62 bits per heavy atom. The average Bonchev–Trinajstić information content (AvgIpc) is 3.44. The fraction of sp³-hybridized carbons (Fsp3) is 0.500. The number of oxime groups is 1. The van der Waals surface area contributed by atoms with Gasteiger partial charge in [-0.15, -0.1) is 15.6 Å². The number of hydroxylamine groups is 2. The molecule has 5 rings (SSSR count). The number of nitrogens with one attached hydrogen (secondary N) is 1. The number of benzene rings is 1. The number of carbonyl (C=O) groups is 3. The van der Waals surface area contributed by atoms with Crippen molar-refractivity contribution in [2.24, 2.45) is 27.5 Å². The molecule has 1 aliphatic carbocycles. The van der Waals surface area contributed by atoms with E-state index in [0.717, 1.165) is 35.3 Å². The number of aromatic nitrogens is 1. The number of thiazole rings is 1. The van der Waals surface area contributed by atoms with Gasteiger partial charge >= 0.3 is 10.4 Å². The molecule has 0 spiro atoms. The Hall–Kier alpha value is -4.37. The first-order chi connectivity index (χ1) is 22.6. The van der Waals surface area contributed by atoms with Crippen molar-refractivity contribution in [3.63, 3.8) is 0 Å². The van der Waals surface area contributed by atoms with Crippen molar-refractivity contribution in [2.75, 3.05) is 12.3 Å². The Morgan fingerprint density at radius 2 is 2.04 bits per heavy atom. The number of hydrogen-bond donors (Lipinski definition) is 6. The SMILES string of the molecule is CC(O/N=C(\C(=O)NC1C(=O)N(OS(=O)(=O)O)C1(C)C)c1csc(N)n1)C1CCc2cc(C(N)=NC3CC(CN)C3)ccc2O1.O=CO. The molecule has 2 aliphatic heterocycles. The summed E-state index contributed by atoms with van der Waals surface area (Å²) in [6, 6.07) is 4.69. The molecule has 3 aliphatic rings. The first-order valence-electron chi connectivity index (χ1n) is 14.8. The minimum Gasteiger partial charge on any atom is -0.486 e. The van der Waals surface area contributed by atoms with Crippen molar-refractivity contribution in [3.8, 4) is 5.75 Å². The number of rotatable bonds is 11. The molecule has 3 heterocycles. The van der Waals surface area contributed by atoms with E-state index >= 15 is 0 Å². The van der Waals surface area contributed by atoms with Gasteiger partial charge in [-0.1, -0.05) is 5.16 Å². The summed E-state index contributed by atoms with van der Waals surface area (Å²) in [5.41, 5.74) is 18.1. The Balaban J connectivity index is 0.00000167. The first kappa shape index (κ1) is 36.5. The number of amidine groups is 1. The summed E-state index contributed by atoms with van der Waals surface area (Å²) in [4.78, 5) is 48.7. The van der Waals surface area contributed by atoms with Gasteiger partial charge in [-0.25, -0.2) is 4.98 Å². The third kappa shape index (κ3) is 8.37. The molecule has 0 bridgehead atoms. The van der Waals surface area contributed by atoms with Crippen LogP contribution in [0.4, 0.5) is 5.13 Å². The molecule has 2 aromatic rings. The smallest absolute Gasteiger partial charge is 0.418 e. The maximum atomic E-state index is 13.3. The van der Waals surface area contributed by atoms with E-state index in [-0.39, 0.29) is 29.1 Å². The van der Waals surface area contributed by atoms with Gasteiger partial charge in [0.15, 0.2) is 16.9 Å². The van der Waals surface area contributed by atoms with Crippen LogP contribution in [0.3, 0.4) is 0 Å². The molecule has 48 heavy (non-hydrogen) atoms. The number of nitrogen functional groups attached to an aromatic ring is 1. The molecule has 3 atom stereocenters. The van der Waals surface area contributed by atoms with Crippen LogP contribution in [0.25, 0.3) is 0 Å². The molecule has 1 saturated heterocycles. The Morgan fingerprint density at radius 1 is 1.35 bits per heavy atom. The van der Waals surface area contributed by atoms with Crippen LogP contribution in [0.1, 0.15) is 56.9 Å². The zero-order valence-corrected chi connectivity index (χ0v) is 27.9. The van der Waals surface area contributed by atoms with E-state index in [1.165, 1.54) is 19.2 Å². The summed E-state index contributed by atoms with van der Waals surface area (Å²) in [6.45, 7) is 5.05. The van der Waals surface area contributed by atoms with E-state index < -0.39 is 46.0 Å². The van der Waals surface area contributed by atoms with Gasteiger partial charge in [-0.05, 0) is 82.7 Å². The normalized spacial score (nSPS) is 24.0. The number of ether oxygens (including phenoxy) is 1. The van der Waals surface area contributed by atoms with Gasteiger partial charge in [0.25, 0.3) is 18.3 Å². The highest BCUT2D eigenvalue weighted by Gasteiger charge is 2.58. The summed E-state index contributed by atoms with van der Waals surface area (Å²) in [6.07, 6.45) is 2.20. The summed E-state index contributed by atoms with van der Waals surface area (Å²) in [5, 5.41) is 15.6. The molecule has 262 valence electrons. The lowest BCUT2D eigenvalue weighted by atomic mass is 9.81. The van der Waals surface area contributed by atoms with Crippen LogP contribution in [-0.4, -0.2) is 94.3 Å². The quantitative estimate of drug-likeness (QED) is 0.0454. The number of nitrogens with zero attached hydrogens (tertiary/aromatic N) is 4. The second kappa shape index (κ2) is 14.8. The highest BCUT2D eigenvalue weighted by molar-refractivity contribution is 7.80. The first-order valence-corrected chi connectivity index (χ1v) is 17.0. The lowest BCUT2D eigenvalue weighted by molar-refractivity contribution is -0.218. The van der Waals surface area contributed by atoms with Gasteiger partial charge in [0.2, 0.25) is 0 Å². The lowest BCUT2D eigenvalue weighted by Gasteiger charge is -2.50. The summed E-state index contributed by atoms with van der Waals surface area (Å²) < 4.78 is 41.7. The third-order valence-electron chi connectivity index (χ3n) is 8.13. The molecule has 1 aromatic heterocycles. The van der Waals surface area contributed by atoms with Gasteiger partial charge in [0.1, 0.15) is 29.4 Å². The largest absolute Gasteiger partial charge is 0.486 e. The Bertz CT molecular complexity index is 1690. The lowest BCUT2D eigenvalue weighted by Crippen LogP contribution is -2.76. The minimum absolute atomic E-state index is 0.111. The van der Waals surface area contributed by atoms with Gasteiger partial charge in [0.05, 0.1) is 11.6 Å². The highest BCUT2D eigenvalue weighted by Crippen LogP contribution is 2.34. The third-order valence-corrected chi connectivity index (χ3v) is 9.14. The number of anilines is 1. The molecule has 9 N–H and O–H groups in total. The van der Waals surface area contributed by atoms with Crippen molar-refractivity contribution >= 4 is 56.7 Å². The monoisotopic (exact) mass is 710 g/mol. The summed E-state index contributed by atoms with van der Waals surface area (Å²) in [5.74, 6) is -0.0364. The molecule has 0 radical (unpaired) electrons. The van der Waals surface area contributed by atoms with Gasteiger partial charge in [0, 0.05) is 10.9 Å². The predicted molar refractivity (Wildman–Crippen MR) is 173 cm³/mol. The van der Waals surface area contributed by atoms with Crippen LogP contribution in [0.15, 0.2) is 33.7 Å². The molecule has 2 amide bonds. The van der Waals surface area contributed by atoms with Gasteiger partial charge in [-0.2, -0.15) is 13.5 Å². The van der Waals surface area contributed by atoms with Crippen LogP contribution >= 0.6 is 11.3 Å².